The van der Waals surface area contributed by atoms with E-state index in [1.54, 1.807) is 24.3 Å². The summed E-state index contributed by atoms with van der Waals surface area (Å²) in [5, 5.41) is 22.6. The zero-order chi connectivity index (χ0) is 31.9. The third-order valence-electron chi connectivity index (χ3n) is 9.31. The molecular formula is C32H35N9O5. The summed E-state index contributed by atoms with van der Waals surface area (Å²) in [5.74, 6) is -0.486. The molecule has 5 amide bonds. The number of phenolic OH excluding ortho intramolecular Hbond substituents is 1. The van der Waals surface area contributed by atoms with Crippen LogP contribution in [0.15, 0.2) is 48.5 Å². The number of nitrogens with zero attached hydrogens (tertiary/aromatic N) is 7. The molecule has 0 saturated carbocycles. The SMILES string of the molecule is Nc1nnc(-c2ccccc2O)cc1N1CCN(CC2CCN(c3ccc4c(c3)C(=O)N(N3CCC(=O)NC3=O)C4=O)CC2)CC1. The minimum Gasteiger partial charge on any atom is -0.507 e. The smallest absolute Gasteiger partial charge is 0.343 e. The molecule has 14 heteroatoms. The number of urea groups is 1. The number of nitrogens with two attached hydrogens (primary N) is 1. The number of nitrogen functional groups attached to an aromatic ring is 1. The van der Waals surface area contributed by atoms with E-state index in [0.717, 1.165) is 80.0 Å². The van der Waals surface area contributed by atoms with Crippen LogP contribution >= 0.6 is 0 Å². The molecule has 0 bridgehead atoms. The minimum absolute atomic E-state index is 0.0214. The summed E-state index contributed by atoms with van der Waals surface area (Å²) in [4.78, 5) is 57.0. The molecule has 2 aromatic carbocycles. The van der Waals surface area contributed by atoms with Gasteiger partial charge in [-0.05, 0) is 55.2 Å². The Hall–Kier alpha value is -5.24. The highest BCUT2D eigenvalue weighted by molar-refractivity contribution is 6.22. The molecule has 0 atom stereocenters. The lowest BCUT2D eigenvalue weighted by Gasteiger charge is -2.40. The number of aromatic nitrogens is 2. The fraction of sp³-hybridized carbons (Fsp3) is 0.375. The van der Waals surface area contributed by atoms with Crippen molar-refractivity contribution in [1.82, 2.24) is 30.4 Å². The van der Waals surface area contributed by atoms with Crippen LogP contribution in [-0.2, 0) is 4.79 Å². The van der Waals surface area contributed by atoms with Crippen molar-refractivity contribution in [2.75, 3.05) is 67.9 Å². The Balaban J connectivity index is 0.929. The lowest BCUT2D eigenvalue weighted by molar-refractivity contribution is -0.122. The number of piperidine rings is 1. The van der Waals surface area contributed by atoms with Crippen molar-refractivity contribution < 1.29 is 24.3 Å². The van der Waals surface area contributed by atoms with Crippen LogP contribution in [0.2, 0.25) is 0 Å². The number of aromatic hydroxyl groups is 1. The standard InChI is InChI=1S/C32H35N9O5/c33-29-26(18-25(35-36-29)23-3-1-2-4-27(23)42)39-15-13-37(14-16-39)19-20-7-10-38(11-8-20)21-5-6-22-24(17-21)31(45)41(30(22)44)40-12-9-28(43)34-32(40)46/h1-6,17-18,20,42H,7-16,19H2,(H2,33,36)(H,34,43,46). The summed E-state index contributed by atoms with van der Waals surface area (Å²) in [6, 6.07) is 13.4. The maximum Gasteiger partial charge on any atom is 0.343 e. The second-order valence-corrected chi connectivity index (χ2v) is 12.1. The van der Waals surface area contributed by atoms with Crippen molar-refractivity contribution in [1.29, 1.82) is 0 Å². The Bertz CT molecular complexity index is 1720. The highest BCUT2D eigenvalue weighted by Gasteiger charge is 2.43. The fourth-order valence-corrected chi connectivity index (χ4v) is 6.75. The van der Waals surface area contributed by atoms with Crippen molar-refractivity contribution in [3.8, 4) is 17.0 Å². The molecule has 5 heterocycles. The maximum atomic E-state index is 13.2. The van der Waals surface area contributed by atoms with E-state index in [2.05, 4.69) is 30.2 Å². The first-order valence-electron chi connectivity index (χ1n) is 15.5. The van der Waals surface area contributed by atoms with Crippen LogP contribution in [0.3, 0.4) is 0 Å². The molecule has 1 aromatic heterocycles. The quantitative estimate of drug-likeness (QED) is 0.342. The van der Waals surface area contributed by atoms with Crippen LogP contribution in [0.25, 0.3) is 11.3 Å². The number of hydrogen-bond donors (Lipinski definition) is 3. The molecule has 3 fully saturated rings. The lowest BCUT2D eigenvalue weighted by Crippen LogP contribution is -2.58. The molecule has 4 N–H and O–H groups in total. The number of anilines is 3. The number of rotatable bonds is 6. The zero-order valence-corrected chi connectivity index (χ0v) is 25.3. The molecule has 7 rings (SSSR count). The normalized spacial score (nSPS) is 19.6. The molecule has 46 heavy (non-hydrogen) atoms. The maximum absolute atomic E-state index is 13.2. The molecule has 238 valence electrons. The molecule has 0 radical (unpaired) electrons. The van der Waals surface area contributed by atoms with Gasteiger partial charge < -0.3 is 20.6 Å². The molecular weight excluding hydrogens is 590 g/mol. The van der Waals surface area contributed by atoms with E-state index < -0.39 is 23.8 Å². The van der Waals surface area contributed by atoms with Crippen molar-refractivity contribution in [2.45, 2.75) is 19.3 Å². The van der Waals surface area contributed by atoms with E-state index in [1.807, 2.05) is 24.3 Å². The number of hydrogen-bond acceptors (Lipinski definition) is 11. The summed E-state index contributed by atoms with van der Waals surface area (Å²) in [5.41, 5.74) is 9.64. The number of fused-ring (bicyclic) bond motifs is 1. The van der Waals surface area contributed by atoms with Gasteiger partial charge >= 0.3 is 6.03 Å². The number of benzene rings is 2. The molecule has 4 aliphatic rings. The summed E-state index contributed by atoms with van der Waals surface area (Å²) >= 11 is 0. The predicted molar refractivity (Wildman–Crippen MR) is 169 cm³/mol. The highest BCUT2D eigenvalue weighted by Crippen LogP contribution is 2.33. The van der Waals surface area contributed by atoms with E-state index in [-0.39, 0.29) is 29.8 Å². The Morgan fingerprint density at radius 3 is 2.28 bits per heavy atom. The lowest BCUT2D eigenvalue weighted by atomic mass is 9.95. The van der Waals surface area contributed by atoms with Crippen molar-refractivity contribution >= 4 is 40.9 Å². The van der Waals surface area contributed by atoms with Gasteiger partial charge in [-0.2, -0.15) is 5.01 Å². The van der Waals surface area contributed by atoms with E-state index in [4.69, 9.17) is 5.73 Å². The van der Waals surface area contributed by atoms with Crippen molar-refractivity contribution in [3.63, 3.8) is 0 Å². The zero-order valence-electron chi connectivity index (χ0n) is 25.3. The number of amides is 5. The average Bonchev–Trinajstić information content (AvgIpc) is 3.31. The van der Waals surface area contributed by atoms with Gasteiger partial charge in [-0.15, -0.1) is 10.2 Å². The molecule has 0 aliphatic carbocycles. The highest BCUT2D eigenvalue weighted by atomic mass is 16.3. The van der Waals surface area contributed by atoms with E-state index in [0.29, 0.717) is 23.0 Å². The number of hydrazine groups is 1. The predicted octanol–water partition coefficient (Wildman–Crippen LogP) is 1.92. The monoisotopic (exact) mass is 625 g/mol. The molecule has 3 saturated heterocycles. The van der Waals surface area contributed by atoms with Gasteiger partial charge in [0.15, 0.2) is 5.82 Å². The third-order valence-corrected chi connectivity index (χ3v) is 9.31. The van der Waals surface area contributed by atoms with Crippen molar-refractivity contribution in [3.05, 3.63) is 59.7 Å². The van der Waals surface area contributed by atoms with Gasteiger partial charge in [0.1, 0.15) is 5.75 Å². The van der Waals surface area contributed by atoms with Gasteiger partial charge in [0.25, 0.3) is 11.8 Å². The van der Waals surface area contributed by atoms with Gasteiger partial charge in [-0.3, -0.25) is 24.6 Å². The van der Waals surface area contributed by atoms with Crippen LogP contribution in [0.5, 0.6) is 5.75 Å². The van der Waals surface area contributed by atoms with E-state index >= 15 is 0 Å². The molecule has 14 nitrogen and oxygen atoms in total. The Morgan fingerprint density at radius 1 is 0.804 bits per heavy atom. The number of carbonyl (C=O) groups is 4. The summed E-state index contributed by atoms with van der Waals surface area (Å²) < 4.78 is 0. The Morgan fingerprint density at radius 2 is 1.54 bits per heavy atom. The molecule has 3 aromatic rings. The van der Waals surface area contributed by atoms with Crippen LogP contribution in [0.1, 0.15) is 40.0 Å². The number of nitrogens with one attached hydrogen (secondary N) is 1. The number of imide groups is 2. The molecule has 0 unspecified atom stereocenters. The Labute approximate surface area is 265 Å². The number of carbonyl (C=O) groups excluding carboxylic acids is 4. The van der Waals surface area contributed by atoms with E-state index in [1.165, 1.54) is 0 Å². The fourth-order valence-electron chi connectivity index (χ4n) is 6.75. The van der Waals surface area contributed by atoms with Gasteiger partial charge in [-0.1, -0.05) is 12.1 Å². The van der Waals surface area contributed by atoms with E-state index in [9.17, 15) is 24.3 Å². The van der Waals surface area contributed by atoms with Gasteiger partial charge in [0, 0.05) is 63.5 Å². The molecule has 0 spiro atoms. The first kappa shape index (κ1) is 29.5. The van der Waals surface area contributed by atoms with Gasteiger partial charge in [0.2, 0.25) is 5.91 Å². The third kappa shape index (κ3) is 5.44. The molecule has 4 aliphatic heterocycles. The number of para-hydroxylation sites is 1. The van der Waals surface area contributed by atoms with Crippen LogP contribution in [-0.4, -0.2) is 106 Å². The second kappa shape index (κ2) is 11.9. The first-order valence-corrected chi connectivity index (χ1v) is 15.5. The largest absolute Gasteiger partial charge is 0.507 e. The topological polar surface area (TPSA) is 169 Å². The van der Waals surface area contributed by atoms with Crippen LogP contribution in [0, 0.1) is 5.92 Å². The van der Waals surface area contributed by atoms with Crippen LogP contribution in [0.4, 0.5) is 22.0 Å². The van der Waals surface area contributed by atoms with Crippen molar-refractivity contribution in [2.24, 2.45) is 5.92 Å². The number of phenols is 1. The summed E-state index contributed by atoms with van der Waals surface area (Å²) in [6.07, 6.45) is 2.03. The summed E-state index contributed by atoms with van der Waals surface area (Å²) in [6.45, 7) is 6.05. The minimum atomic E-state index is -0.772. The average molecular weight is 626 g/mol. The first-order chi connectivity index (χ1) is 22.3. The summed E-state index contributed by atoms with van der Waals surface area (Å²) in [7, 11) is 0. The van der Waals surface area contributed by atoms with Crippen LogP contribution < -0.4 is 20.9 Å². The van der Waals surface area contributed by atoms with Gasteiger partial charge in [-0.25, -0.2) is 9.80 Å². The Kier molecular flexibility index (Phi) is 7.64. The number of piperazine rings is 1. The van der Waals surface area contributed by atoms with Gasteiger partial charge in [0.05, 0.1) is 29.1 Å². The second-order valence-electron chi connectivity index (χ2n) is 12.1.